The first-order valence-corrected chi connectivity index (χ1v) is 18.1. The maximum absolute atomic E-state index is 12.3. The fourth-order valence-electron chi connectivity index (χ4n) is 5.37. The van der Waals surface area contributed by atoms with E-state index >= 15 is 0 Å². The van der Waals surface area contributed by atoms with Crippen LogP contribution in [0.15, 0.2) is 24.3 Å². The number of rotatable bonds is 32. The van der Waals surface area contributed by atoms with Crippen molar-refractivity contribution in [2.24, 2.45) is 0 Å². The first kappa shape index (κ1) is 39.9. The number of amides is 1. The van der Waals surface area contributed by atoms with Gasteiger partial charge in [0.1, 0.15) is 0 Å². The van der Waals surface area contributed by atoms with Crippen LogP contribution >= 0.6 is 0 Å². The van der Waals surface area contributed by atoms with Crippen molar-refractivity contribution in [1.29, 1.82) is 0 Å². The van der Waals surface area contributed by atoms with E-state index in [1.807, 2.05) is 6.08 Å². The Hall–Kier alpha value is -1.13. The van der Waals surface area contributed by atoms with Crippen LogP contribution in [0.5, 0.6) is 0 Å². The number of nitrogens with one attached hydrogen (secondary N) is 1. The molecule has 0 fully saturated rings. The van der Waals surface area contributed by atoms with Crippen molar-refractivity contribution in [3.05, 3.63) is 24.3 Å². The van der Waals surface area contributed by atoms with Crippen molar-refractivity contribution >= 4 is 5.91 Å². The Morgan fingerprint density at radius 1 is 0.561 bits per heavy atom. The van der Waals surface area contributed by atoms with Gasteiger partial charge in [-0.25, -0.2) is 0 Å². The van der Waals surface area contributed by atoms with Gasteiger partial charge in [-0.15, -0.1) is 0 Å². The lowest BCUT2D eigenvalue weighted by molar-refractivity contribution is -0.123. The van der Waals surface area contributed by atoms with Crippen LogP contribution in [0, 0.1) is 0 Å². The Balaban J connectivity index is 3.60. The molecule has 3 N–H and O–H groups in total. The van der Waals surface area contributed by atoms with Gasteiger partial charge in [-0.1, -0.05) is 173 Å². The molecule has 0 aromatic heterocycles. The smallest absolute Gasteiger partial charge is 0.220 e. The molecule has 0 saturated carbocycles. The van der Waals surface area contributed by atoms with Gasteiger partial charge in [0.15, 0.2) is 0 Å². The number of aliphatic hydroxyl groups excluding tert-OH is 2. The SMILES string of the molecule is CCCCCCC/C=C/CC/C=C/C(O)C(CO)NC(=O)CCCCCCCCCCCCCCCCCCCC. The minimum Gasteiger partial charge on any atom is -0.394 e. The number of allylic oxidation sites excluding steroid dienone is 3. The molecule has 2 atom stereocenters. The summed E-state index contributed by atoms with van der Waals surface area (Å²) in [6.45, 7) is 4.27. The van der Waals surface area contributed by atoms with Crippen molar-refractivity contribution < 1.29 is 15.0 Å². The first-order valence-electron chi connectivity index (χ1n) is 18.1. The van der Waals surface area contributed by atoms with E-state index in [0.717, 1.165) is 32.1 Å². The van der Waals surface area contributed by atoms with Crippen LogP contribution in [0.2, 0.25) is 0 Å². The highest BCUT2D eigenvalue weighted by Crippen LogP contribution is 2.15. The molecule has 4 heteroatoms. The fraction of sp³-hybridized carbons (Fsp3) is 0.865. The minimum atomic E-state index is -0.855. The molecule has 0 aliphatic heterocycles. The second-order valence-corrected chi connectivity index (χ2v) is 12.3. The molecule has 0 rings (SSSR count). The Morgan fingerprint density at radius 3 is 1.41 bits per heavy atom. The highest BCUT2D eigenvalue weighted by Gasteiger charge is 2.17. The van der Waals surface area contributed by atoms with Crippen LogP contribution in [0.3, 0.4) is 0 Å². The molecule has 0 aromatic carbocycles. The van der Waals surface area contributed by atoms with Gasteiger partial charge in [-0.05, 0) is 32.1 Å². The summed E-state index contributed by atoms with van der Waals surface area (Å²) in [6.07, 6.45) is 41.2. The topological polar surface area (TPSA) is 69.6 Å². The molecule has 4 nitrogen and oxygen atoms in total. The molecular formula is C37H71NO3. The number of carbonyl (C=O) groups is 1. The van der Waals surface area contributed by atoms with Gasteiger partial charge in [0.2, 0.25) is 5.91 Å². The molecule has 41 heavy (non-hydrogen) atoms. The predicted octanol–water partition coefficient (Wildman–Crippen LogP) is 10.5. The Morgan fingerprint density at radius 2 is 0.951 bits per heavy atom. The van der Waals surface area contributed by atoms with Crippen LogP contribution in [0.25, 0.3) is 0 Å². The summed E-state index contributed by atoms with van der Waals surface area (Å²) in [6, 6.07) is -0.632. The second-order valence-electron chi connectivity index (χ2n) is 12.3. The quantitative estimate of drug-likeness (QED) is 0.0550. The molecule has 2 unspecified atom stereocenters. The van der Waals surface area contributed by atoms with Crippen LogP contribution in [-0.2, 0) is 4.79 Å². The van der Waals surface area contributed by atoms with Crippen molar-refractivity contribution in [3.63, 3.8) is 0 Å². The van der Waals surface area contributed by atoms with E-state index in [0.29, 0.717) is 6.42 Å². The lowest BCUT2D eigenvalue weighted by Crippen LogP contribution is -2.45. The Labute approximate surface area is 256 Å². The summed E-state index contributed by atoms with van der Waals surface area (Å²) in [5, 5.41) is 22.8. The van der Waals surface area contributed by atoms with Gasteiger partial charge in [0, 0.05) is 6.42 Å². The molecule has 0 saturated heterocycles. The van der Waals surface area contributed by atoms with Gasteiger partial charge in [0.05, 0.1) is 18.8 Å². The van der Waals surface area contributed by atoms with Crippen molar-refractivity contribution in [1.82, 2.24) is 5.32 Å². The zero-order valence-corrected chi connectivity index (χ0v) is 27.6. The van der Waals surface area contributed by atoms with Crippen LogP contribution in [0.1, 0.15) is 187 Å². The van der Waals surface area contributed by atoms with E-state index in [2.05, 4.69) is 31.3 Å². The number of hydrogen-bond donors (Lipinski definition) is 3. The molecule has 0 aromatic rings. The highest BCUT2D eigenvalue weighted by atomic mass is 16.3. The van der Waals surface area contributed by atoms with E-state index in [1.54, 1.807) is 6.08 Å². The maximum atomic E-state index is 12.3. The second kappa shape index (κ2) is 33.4. The zero-order valence-electron chi connectivity index (χ0n) is 27.6. The lowest BCUT2D eigenvalue weighted by Gasteiger charge is -2.19. The van der Waals surface area contributed by atoms with Crippen LogP contribution < -0.4 is 5.32 Å². The third kappa shape index (κ3) is 30.1. The third-order valence-electron chi connectivity index (χ3n) is 8.19. The zero-order chi connectivity index (χ0) is 30.1. The van der Waals surface area contributed by atoms with E-state index < -0.39 is 12.1 Å². The predicted molar refractivity (Wildman–Crippen MR) is 179 cm³/mol. The average molecular weight is 578 g/mol. The Kier molecular flexibility index (Phi) is 32.5. The number of unbranched alkanes of at least 4 members (excludes halogenated alkanes) is 23. The molecule has 0 bridgehead atoms. The molecule has 0 aliphatic rings. The van der Waals surface area contributed by atoms with Crippen molar-refractivity contribution in [3.8, 4) is 0 Å². The van der Waals surface area contributed by atoms with Gasteiger partial charge in [0.25, 0.3) is 0 Å². The summed E-state index contributed by atoms with van der Waals surface area (Å²) in [4.78, 5) is 12.3. The highest BCUT2D eigenvalue weighted by molar-refractivity contribution is 5.76. The maximum Gasteiger partial charge on any atom is 0.220 e. The van der Waals surface area contributed by atoms with Gasteiger partial charge >= 0.3 is 0 Å². The van der Waals surface area contributed by atoms with Crippen LogP contribution in [0.4, 0.5) is 0 Å². The molecule has 1 amide bonds. The first-order chi connectivity index (χ1) is 20.2. The third-order valence-corrected chi connectivity index (χ3v) is 8.19. The fourth-order valence-corrected chi connectivity index (χ4v) is 5.37. The standard InChI is InChI=1S/C37H71NO3/c1-3-5-7-9-11-13-15-16-17-18-19-20-21-23-25-27-29-31-33-37(41)38-35(34-39)36(40)32-30-28-26-24-22-14-12-10-8-6-4-2/h22,24,30,32,35-36,39-40H,3-21,23,25-29,31,33-34H2,1-2H3,(H,38,41)/b24-22+,32-30+. The van der Waals surface area contributed by atoms with Crippen LogP contribution in [-0.4, -0.2) is 34.9 Å². The van der Waals surface area contributed by atoms with E-state index in [4.69, 9.17) is 0 Å². The summed E-state index contributed by atoms with van der Waals surface area (Å²) >= 11 is 0. The van der Waals surface area contributed by atoms with Crippen molar-refractivity contribution in [2.45, 2.75) is 199 Å². The molecule has 242 valence electrons. The number of aliphatic hydroxyl groups is 2. The molecular weight excluding hydrogens is 506 g/mol. The monoisotopic (exact) mass is 578 g/mol. The summed E-state index contributed by atoms with van der Waals surface area (Å²) in [5.41, 5.74) is 0. The molecule has 0 heterocycles. The molecule has 0 spiro atoms. The van der Waals surface area contributed by atoms with Gasteiger partial charge < -0.3 is 15.5 Å². The molecule has 0 radical (unpaired) electrons. The van der Waals surface area contributed by atoms with Crippen molar-refractivity contribution in [2.75, 3.05) is 6.61 Å². The minimum absolute atomic E-state index is 0.0742. The van der Waals surface area contributed by atoms with Gasteiger partial charge in [-0.2, -0.15) is 0 Å². The van der Waals surface area contributed by atoms with E-state index in [9.17, 15) is 15.0 Å². The lowest BCUT2D eigenvalue weighted by atomic mass is 10.0. The largest absolute Gasteiger partial charge is 0.394 e. The summed E-state index contributed by atoms with van der Waals surface area (Å²) in [7, 11) is 0. The number of carbonyl (C=O) groups excluding carboxylic acids is 1. The van der Waals surface area contributed by atoms with E-state index in [1.165, 1.54) is 135 Å². The number of hydrogen-bond acceptors (Lipinski definition) is 3. The van der Waals surface area contributed by atoms with Gasteiger partial charge in [-0.3, -0.25) is 4.79 Å². The normalized spacial score (nSPS) is 13.4. The van der Waals surface area contributed by atoms with E-state index in [-0.39, 0.29) is 12.5 Å². The Bertz CT molecular complexity index is 589. The summed E-state index contributed by atoms with van der Waals surface area (Å²) < 4.78 is 0. The summed E-state index contributed by atoms with van der Waals surface area (Å²) in [5.74, 6) is -0.0742. The molecule has 0 aliphatic carbocycles. The average Bonchev–Trinajstić information content (AvgIpc) is 2.97.